The Balaban J connectivity index is 1.92. The van der Waals surface area contributed by atoms with Gasteiger partial charge in [-0.1, -0.05) is 49.6 Å². The lowest BCUT2D eigenvalue weighted by Gasteiger charge is -2.24. The molecule has 1 aliphatic carbocycles. The second-order valence-electron chi connectivity index (χ2n) is 5.10. The van der Waals surface area contributed by atoms with E-state index in [9.17, 15) is 4.79 Å². The van der Waals surface area contributed by atoms with Gasteiger partial charge in [-0.3, -0.25) is 4.79 Å². The molecule has 1 saturated carbocycles. The van der Waals surface area contributed by atoms with Crippen LogP contribution in [-0.4, -0.2) is 17.0 Å². The van der Waals surface area contributed by atoms with E-state index in [2.05, 4.69) is 0 Å². The second-order valence-corrected chi connectivity index (χ2v) is 6.44. The monoisotopic (exact) mass is 278 g/mol. The predicted octanol–water partition coefficient (Wildman–Crippen LogP) is 4.36. The van der Waals surface area contributed by atoms with Crippen molar-refractivity contribution in [1.29, 1.82) is 0 Å². The maximum Gasteiger partial charge on any atom is 0.303 e. The van der Waals surface area contributed by atoms with Gasteiger partial charge in [0.1, 0.15) is 6.10 Å². The third-order valence-electron chi connectivity index (χ3n) is 3.52. The van der Waals surface area contributed by atoms with E-state index in [0.717, 1.165) is 16.6 Å². The Morgan fingerprint density at radius 1 is 1.26 bits per heavy atom. The molecule has 0 saturated heterocycles. The van der Waals surface area contributed by atoms with Crippen LogP contribution >= 0.6 is 11.8 Å². The van der Waals surface area contributed by atoms with Crippen LogP contribution in [0.4, 0.5) is 0 Å². The topological polar surface area (TPSA) is 26.3 Å². The van der Waals surface area contributed by atoms with Crippen LogP contribution < -0.4 is 0 Å². The Morgan fingerprint density at radius 3 is 2.58 bits per heavy atom. The first-order valence-electron chi connectivity index (χ1n) is 7.09. The molecule has 0 radical (unpaired) electrons. The third-order valence-corrected chi connectivity index (χ3v) is 4.95. The number of rotatable bonds is 5. The predicted molar refractivity (Wildman–Crippen MR) is 80.3 cm³/mol. The summed E-state index contributed by atoms with van der Waals surface area (Å²) in [6.07, 6.45) is 6.59. The molecule has 2 rings (SSSR count). The Morgan fingerprint density at radius 2 is 1.95 bits per heavy atom. The van der Waals surface area contributed by atoms with Crippen LogP contribution in [0.1, 0.15) is 50.7 Å². The standard InChI is InChI=1S/C16H22O2S/c1-13(17)18-16(14-8-4-2-5-9-14)12-19-15-10-6-3-7-11-15/h2,4-5,8-9,15-16H,3,6-7,10-12H2,1H3. The number of hydrogen-bond acceptors (Lipinski definition) is 3. The molecule has 1 unspecified atom stereocenters. The highest BCUT2D eigenvalue weighted by molar-refractivity contribution is 7.99. The van der Waals surface area contributed by atoms with Crippen molar-refractivity contribution in [3.8, 4) is 0 Å². The highest BCUT2D eigenvalue weighted by atomic mass is 32.2. The quantitative estimate of drug-likeness (QED) is 0.749. The van der Waals surface area contributed by atoms with Gasteiger partial charge < -0.3 is 4.74 Å². The molecule has 0 aromatic heterocycles. The Hall–Kier alpha value is -0.960. The molecule has 1 aliphatic rings. The van der Waals surface area contributed by atoms with Gasteiger partial charge in [0.2, 0.25) is 0 Å². The minimum Gasteiger partial charge on any atom is -0.457 e. The molecule has 19 heavy (non-hydrogen) atoms. The first-order valence-corrected chi connectivity index (χ1v) is 8.14. The van der Waals surface area contributed by atoms with Crippen molar-refractivity contribution in [3.05, 3.63) is 35.9 Å². The van der Waals surface area contributed by atoms with E-state index in [1.54, 1.807) is 0 Å². The zero-order chi connectivity index (χ0) is 13.5. The molecule has 1 aromatic rings. The van der Waals surface area contributed by atoms with Gasteiger partial charge in [0.05, 0.1) is 0 Å². The van der Waals surface area contributed by atoms with Crippen LogP contribution in [0.5, 0.6) is 0 Å². The van der Waals surface area contributed by atoms with Crippen molar-refractivity contribution in [2.75, 3.05) is 5.75 Å². The van der Waals surface area contributed by atoms with Crippen LogP contribution in [0.25, 0.3) is 0 Å². The molecule has 0 heterocycles. The average molecular weight is 278 g/mol. The highest BCUT2D eigenvalue weighted by Gasteiger charge is 2.19. The fourth-order valence-corrected chi connectivity index (χ4v) is 3.90. The zero-order valence-corrected chi connectivity index (χ0v) is 12.3. The van der Waals surface area contributed by atoms with Crippen molar-refractivity contribution in [1.82, 2.24) is 0 Å². The van der Waals surface area contributed by atoms with E-state index in [-0.39, 0.29) is 12.1 Å². The number of ether oxygens (including phenoxy) is 1. The third kappa shape index (κ3) is 4.90. The van der Waals surface area contributed by atoms with Crippen LogP contribution in [0.2, 0.25) is 0 Å². The molecule has 104 valence electrons. The number of benzene rings is 1. The van der Waals surface area contributed by atoms with E-state index < -0.39 is 0 Å². The molecule has 1 aromatic carbocycles. The van der Waals surface area contributed by atoms with Gasteiger partial charge >= 0.3 is 5.97 Å². The molecule has 0 aliphatic heterocycles. The summed E-state index contributed by atoms with van der Waals surface area (Å²) in [6, 6.07) is 10.1. The molecular weight excluding hydrogens is 256 g/mol. The van der Waals surface area contributed by atoms with Gasteiger partial charge in [0.25, 0.3) is 0 Å². The largest absolute Gasteiger partial charge is 0.457 e. The number of hydrogen-bond donors (Lipinski definition) is 0. The Bertz CT molecular complexity index is 385. The average Bonchev–Trinajstić information content (AvgIpc) is 2.45. The van der Waals surface area contributed by atoms with E-state index in [1.165, 1.54) is 39.0 Å². The van der Waals surface area contributed by atoms with Crippen LogP contribution in [-0.2, 0) is 9.53 Å². The summed E-state index contributed by atoms with van der Waals surface area (Å²) < 4.78 is 5.47. The number of carbonyl (C=O) groups is 1. The molecule has 0 bridgehead atoms. The van der Waals surface area contributed by atoms with Crippen molar-refractivity contribution in [3.63, 3.8) is 0 Å². The fourth-order valence-electron chi connectivity index (χ4n) is 2.52. The highest BCUT2D eigenvalue weighted by Crippen LogP contribution is 2.32. The minimum atomic E-state index is -0.196. The summed E-state index contributed by atoms with van der Waals surface area (Å²) in [6.45, 7) is 1.49. The molecule has 3 heteroatoms. The number of esters is 1. The summed E-state index contributed by atoms with van der Waals surface area (Å²) in [5, 5.41) is 0.746. The van der Waals surface area contributed by atoms with Crippen molar-refractivity contribution < 1.29 is 9.53 Å². The smallest absolute Gasteiger partial charge is 0.303 e. The molecule has 2 nitrogen and oxygen atoms in total. The van der Waals surface area contributed by atoms with E-state index >= 15 is 0 Å². The summed E-state index contributed by atoms with van der Waals surface area (Å²) in [4.78, 5) is 11.2. The van der Waals surface area contributed by atoms with Gasteiger partial charge in [0.15, 0.2) is 0 Å². The molecule has 0 spiro atoms. The minimum absolute atomic E-state index is 0.106. The molecule has 0 amide bonds. The van der Waals surface area contributed by atoms with Gasteiger partial charge in [-0.2, -0.15) is 11.8 Å². The summed E-state index contributed by atoms with van der Waals surface area (Å²) >= 11 is 1.97. The molecular formula is C16H22O2S. The number of carbonyl (C=O) groups excluding carboxylic acids is 1. The fraction of sp³-hybridized carbons (Fsp3) is 0.562. The van der Waals surface area contributed by atoms with Crippen LogP contribution in [0, 0.1) is 0 Å². The normalized spacial score (nSPS) is 17.9. The maximum absolute atomic E-state index is 11.2. The van der Waals surface area contributed by atoms with Gasteiger partial charge in [-0.25, -0.2) is 0 Å². The van der Waals surface area contributed by atoms with Crippen molar-refractivity contribution in [2.45, 2.75) is 50.4 Å². The van der Waals surface area contributed by atoms with Gasteiger partial charge in [0, 0.05) is 17.9 Å². The molecule has 0 N–H and O–H groups in total. The molecule has 1 atom stereocenters. The Kier molecular flexibility index (Phi) is 5.77. The SMILES string of the molecule is CC(=O)OC(CSC1CCCCC1)c1ccccc1. The second kappa shape index (κ2) is 7.59. The lowest BCUT2D eigenvalue weighted by Crippen LogP contribution is -2.15. The summed E-state index contributed by atoms with van der Waals surface area (Å²) in [7, 11) is 0. The van der Waals surface area contributed by atoms with Crippen LogP contribution in [0.15, 0.2) is 30.3 Å². The van der Waals surface area contributed by atoms with Crippen molar-refractivity contribution >= 4 is 17.7 Å². The van der Waals surface area contributed by atoms with Crippen molar-refractivity contribution in [2.24, 2.45) is 0 Å². The summed E-state index contributed by atoms with van der Waals surface area (Å²) in [5.74, 6) is 0.673. The van der Waals surface area contributed by atoms with Crippen LogP contribution in [0.3, 0.4) is 0 Å². The van der Waals surface area contributed by atoms with E-state index in [0.29, 0.717) is 0 Å². The number of thioether (sulfide) groups is 1. The first kappa shape index (κ1) is 14.4. The lowest BCUT2D eigenvalue weighted by molar-refractivity contribution is -0.145. The maximum atomic E-state index is 11.2. The Labute approximate surface area is 119 Å². The van der Waals surface area contributed by atoms with Gasteiger partial charge in [-0.05, 0) is 18.4 Å². The summed E-state index contributed by atoms with van der Waals surface area (Å²) in [5.41, 5.74) is 1.10. The first-order chi connectivity index (χ1) is 9.25. The van der Waals surface area contributed by atoms with E-state index in [1.807, 2.05) is 42.1 Å². The zero-order valence-electron chi connectivity index (χ0n) is 11.5. The van der Waals surface area contributed by atoms with Gasteiger partial charge in [-0.15, -0.1) is 0 Å². The van der Waals surface area contributed by atoms with E-state index in [4.69, 9.17) is 4.74 Å². The molecule has 1 fully saturated rings. The lowest BCUT2D eigenvalue weighted by atomic mass is 10.0.